The van der Waals surface area contributed by atoms with Crippen LogP contribution in [0.25, 0.3) is 5.57 Å². The number of amides is 1. The van der Waals surface area contributed by atoms with Crippen LogP contribution in [-0.4, -0.2) is 30.6 Å². The predicted molar refractivity (Wildman–Crippen MR) is 106 cm³/mol. The summed E-state index contributed by atoms with van der Waals surface area (Å²) < 4.78 is 5.19. The molecule has 27 heavy (non-hydrogen) atoms. The van der Waals surface area contributed by atoms with Gasteiger partial charge in [-0.05, 0) is 48.2 Å². The van der Waals surface area contributed by atoms with Gasteiger partial charge in [-0.15, -0.1) is 0 Å². The molecule has 2 N–H and O–H groups in total. The molecular formula is C21H22ClNO4. The third kappa shape index (κ3) is 6.15. The van der Waals surface area contributed by atoms with Crippen molar-refractivity contribution in [3.63, 3.8) is 0 Å². The van der Waals surface area contributed by atoms with E-state index >= 15 is 0 Å². The summed E-state index contributed by atoms with van der Waals surface area (Å²) >= 11 is 5.96. The molecule has 0 heterocycles. The van der Waals surface area contributed by atoms with Crippen molar-refractivity contribution in [1.82, 2.24) is 5.32 Å². The average Bonchev–Trinajstić information content (AvgIpc) is 2.66. The molecule has 0 aliphatic heterocycles. The Balaban J connectivity index is 1.92. The maximum absolute atomic E-state index is 12.3. The molecule has 5 nitrogen and oxygen atoms in total. The van der Waals surface area contributed by atoms with Crippen molar-refractivity contribution in [2.24, 2.45) is 0 Å². The van der Waals surface area contributed by atoms with Crippen LogP contribution >= 0.6 is 11.6 Å². The molecule has 0 spiro atoms. The van der Waals surface area contributed by atoms with E-state index in [1.54, 1.807) is 24.3 Å². The standard InChI is InChI=1S/C21H22ClNO4/c1-14(3-10-20(24)25)16-6-4-15(5-7-16)11-12-23-21(26)18-13-17(22)8-9-19(18)27-2/h3-9,13H,10-12H2,1-2H3,(H,23,26)(H,24,25)/b14-3-. The quantitative estimate of drug-likeness (QED) is 0.711. The van der Waals surface area contributed by atoms with Crippen LogP contribution in [0.1, 0.15) is 34.8 Å². The summed E-state index contributed by atoms with van der Waals surface area (Å²) in [6.45, 7) is 2.36. The fourth-order valence-corrected chi connectivity index (χ4v) is 2.74. The monoisotopic (exact) mass is 387 g/mol. The van der Waals surface area contributed by atoms with Crippen LogP contribution < -0.4 is 10.1 Å². The summed E-state index contributed by atoms with van der Waals surface area (Å²) in [5.41, 5.74) is 3.38. The van der Waals surface area contributed by atoms with E-state index in [2.05, 4.69) is 5.32 Å². The second kappa shape index (κ2) is 9.78. The molecule has 0 radical (unpaired) electrons. The van der Waals surface area contributed by atoms with Crippen molar-refractivity contribution >= 4 is 29.1 Å². The summed E-state index contributed by atoms with van der Waals surface area (Å²) in [5, 5.41) is 12.1. The van der Waals surface area contributed by atoms with Gasteiger partial charge >= 0.3 is 5.97 Å². The van der Waals surface area contributed by atoms with Crippen LogP contribution in [0.15, 0.2) is 48.5 Å². The Hall–Kier alpha value is -2.79. The summed E-state index contributed by atoms with van der Waals surface area (Å²) in [5.74, 6) is -0.610. The molecule has 0 aromatic heterocycles. The zero-order chi connectivity index (χ0) is 19.8. The van der Waals surface area contributed by atoms with E-state index in [0.29, 0.717) is 29.3 Å². The number of allylic oxidation sites excluding steroid dienone is 1. The number of halogens is 1. The minimum absolute atomic E-state index is 0.00653. The first-order chi connectivity index (χ1) is 12.9. The van der Waals surface area contributed by atoms with Crippen molar-refractivity contribution in [2.75, 3.05) is 13.7 Å². The number of nitrogens with one attached hydrogen (secondary N) is 1. The van der Waals surface area contributed by atoms with Gasteiger partial charge in [-0.3, -0.25) is 9.59 Å². The Bertz CT molecular complexity index is 844. The minimum atomic E-state index is -0.849. The minimum Gasteiger partial charge on any atom is -0.496 e. The molecule has 0 fully saturated rings. The molecule has 2 aromatic carbocycles. The highest BCUT2D eigenvalue weighted by Crippen LogP contribution is 2.22. The zero-order valence-electron chi connectivity index (χ0n) is 15.3. The number of hydrogen-bond donors (Lipinski definition) is 2. The van der Waals surface area contributed by atoms with E-state index in [1.807, 2.05) is 31.2 Å². The van der Waals surface area contributed by atoms with E-state index < -0.39 is 5.97 Å². The lowest BCUT2D eigenvalue weighted by molar-refractivity contribution is -0.136. The number of carboxylic acids is 1. The van der Waals surface area contributed by atoms with Gasteiger partial charge in [-0.1, -0.05) is 41.9 Å². The highest BCUT2D eigenvalue weighted by atomic mass is 35.5. The first-order valence-corrected chi connectivity index (χ1v) is 8.88. The second-order valence-corrected chi connectivity index (χ2v) is 6.47. The van der Waals surface area contributed by atoms with Gasteiger partial charge in [0.1, 0.15) is 5.75 Å². The van der Waals surface area contributed by atoms with Crippen molar-refractivity contribution in [1.29, 1.82) is 0 Å². The molecule has 142 valence electrons. The third-order valence-electron chi connectivity index (χ3n) is 4.10. The van der Waals surface area contributed by atoms with Gasteiger partial charge in [0.15, 0.2) is 0 Å². The van der Waals surface area contributed by atoms with Crippen LogP contribution in [0.5, 0.6) is 5.75 Å². The highest BCUT2D eigenvalue weighted by molar-refractivity contribution is 6.31. The van der Waals surface area contributed by atoms with Gasteiger partial charge < -0.3 is 15.2 Å². The maximum atomic E-state index is 12.3. The smallest absolute Gasteiger partial charge is 0.307 e. The number of hydrogen-bond acceptors (Lipinski definition) is 3. The summed E-state index contributed by atoms with van der Waals surface area (Å²) in [6, 6.07) is 12.8. The van der Waals surface area contributed by atoms with Crippen LogP contribution in [0, 0.1) is 0 Å². The van der Waals surface area contributed by atoms with Gasteiger partial charge in [-0.2, -0.15) is 0 Å². The SMILES string of the molecule is COc1ccc(Cl)cc1C(=O)NCCc1ccc(/C(C)=C\CC(=O)O)cc1. The van der Waals surface area contributed by atoms with E-state index in [0.717, 1.165) is 16.7 Å². The molecule has 0 atom stereocenters. The molecule has 0 unspecified atom stereocenters. The van der Waals surface area contributed by atoms with E-state index in [1.165, 1.54) is 7.11 Å². The molecule has 0 saturated carbocycles. The molecule has 2 aromatic rings. The van der Waals surface area contributed by atoms with Gasteiger partial charge in [0, 0.05) is 11.6 Å². The molecule has 0 bridgehead atoms. The Morgan fingerprint density at radius 3 is 2.52 bits per heavy atom. The number of aliphatic carboxylic acids is 1. The third-order valence-corrected chi connectivity index (χ3v) is 4.33. The highest BCUT2D eigenvalue weighted by Gasteiger charge is 2.12. The molecule has 0 aliphatic carbocycles. The van der Waals surface area contributed by atoms with Crippen LogP contribution in [-0.2, 0) is 11.2 Å². The Kier molecular flexibility index (Phi) is 7.44. The molecule has 0 saturated heterocycles. The summed E-state index contributed by atoms with van der Waals surface area (Å²) in [6.07, 6.45) is 2.37. The number of carboxylic acid groups (broad SMARTS) is 1. The van der Waals surface area contributed by atoms with Crippen molar-refractivity contribution < 1.29 is 19.4 Å². The maximum Gasteiger partial charge on any atom is 0.307 e. The fraction of sp³-hybridized carbons (Fsp3) is 0.238. The number of rotatable bonds is 8. The van der Waals surface area contributed by atoms with E-state index in [4.69, 9.17) is 21.4 Å². The second-order valence-electron chi connectivity index (χ2n) is 6.03. The number of carbonyl (C=O) groups excluding carboxylic acids is 1. The van der Waals surface area contributed by atoms with Crippen LogP contribution in [0.3, 0.4) is 0 Å². The molecule has 2 rings (SSSR count). The van der Waals surface area contributed by atoms with Crippen molar-refractivity contribution in [3.8, 4) is 5.75 Å². The number of benzene rings is 2. The van der Waals surface area contributed by atoms with Gasteiger partial charge in [0.05, 0.1) is 19.1 Å². The van der Waals surface area contributed by atoms with Crippen LogP contribution in [0.2, 0.25) is 5.02 Å². The van der Waals surface area contributed by atoms with E-state index in [9.17, 15) is 9.59 Å². The normalized spacial score (nSPS) is 11.1. The summed E-state index contributed by atoms with van der Waals surface area (Å²) in [4.78, 5) is 23.0. The number of ether oxygens (including phenoxy) is 1. The van der Waals surface area contributed by atoms with Crippen LogP contribution in [0.4, 0.5) is 0 Å². The first kappa shape index (κ1) is 20.5. The Morgan fingerprint density at radius 2 is 1.89 bits per heavy atom. The van der Waals surface area contributed by atoms with Gasteiger partial charge in [0.25, 0.3) is 5.91 Å². The lowest BCUT2D eigenvalue weighted by atomic mass is 10.0. The summed E-state index contributed by atoms with van der Waals surface area (Å²) in [7, 11) is 1.51. The lowest BCUT2D eigenvalue weighted by Crippen LogP contribution is -2.26. The molecule has 6 heteroatoms. The Labute approximate surface area is 163 Å². The molecular weight excluding hydrogens is 366 g/mol. The van der Waals surface area contributed by atoms with E-state index in [-0.39, 0.29) is 12.3 Å². The topological polar surface area (TPSA) is 75.6 Å². The molecule has 0 aliphatic rings. The Morgan fingerprint density at radius 1 is 1.19 bits per heavy atom. The predicted octanol–water partition coefficient (Wildman–Crippen LogP) is 4.20. The van der Waals surface area contributed by atoms with Crippen molar-refractivity contribution in [2.45, 2.75) is 19.8 Å². The molecule has 1 amide bonds. The zero-order valence-corrected chi connectivity index (χ0v) is 16.0. The average molecular weight is 388 g/mol. The largest absolute Gasteiger partial charge is 0.496 e. The lowest BCUT2D eigenvalue weighted by Gasteiger charge is -2.10. The number of carbonyl (C=O) groups is 2. The fourth-order valence-electron chi connectivity index (χ4n) is 2.57. The number of methoxy groups -OCH3 is 1. The van der Waals surface area contributed by atoms with Crippen molar-refractivity contribution in [3.05, 3.63) is 70.3 Å². The first-order valence-electron chi connectivity index (χ1n) is 8.50. The van der Waals surface area contributed by atoms with Gasteiger partial charge in [0.2, 0.25) is 0 Å². The van der Waals surface area contributed by atoms with Gasteiger partial charge in [-0.25, -0.2) is 0 Å².